The SMILES string of the molecule is C=C1C(=O)O[C@@H]2[C@@H](O)[C@@]3(C)CC[C@@H](O)/C(=C\C[C@@H]12)C3. The maximum Gasteiger partial charge on any atom is 0.334 e. The number of carbonyl (C=O) groups excluding carboxylic acids is 1. The summed E-state index contributed by atoms with van der Waals surface area (Å²) >= 11 is 0. The largest absolute Gasteiger partial charge is 0.456 e. The van der Waals surface area contributed by atoms with E-state index in [1.807, 2.05) is 13.0 Å². The maximum absolute atomic E-state index is 11.7. The zero-order valence-corrected chi connectivity index (χ0v) is 11.1. The van der Waals surface area contributed by atoms with Gasteiger partial charge in [0.05, 0.1) is 12.2 Å². The van der Waals surface area contributed by atoms with Gasteiger partial charge in [0.1, 0.15) is 6.10 Å². The van der Waals surface area contributed by atoms with Crippen molar-refractivity contribution < 1.29 is 19.7 Å². The summed E-state index contributed by atoms with van der Waals surface area (Å²) in [6, 6.07) is 0. The Morgan fingerprint density at radius 2 is 2.21 bits per heavy atom. The summed E-state index contributed by atoms with van der Waals surface area (Å²) in [6.45, 7) is 5.79. The lowest BCUT2D eigenvalue weighted by Gasteiger charge is -2.44. The van der Waals surface area contributed by atoms with Gasteiger partial charge >= 0.3 is 5.97 Å². The Morgan fingerprint density at radius 3 is 2.95 bits per heavy atom. The molecule has 1 saturated carbocycles. The van der Waals surface area contributed by atoms with Crippen LogP contribution >= 0.6 is 0 Å². The molecule has 1 aliphatic heterocycles. The van der Waals surface area contributed by atoms with Crippen LogP contribution in [0.25, 0.3) is 0 Å². The molecular formula is C15H20O4. The van der Waals surface area contributed by atoms with Crippen LogP contribution in [0.5, 0.6) is 0 Å². The summed E-state index contributed by atoms with van der Waals surface area (Å²) in [7, 11) is 0. The molecule has 1 heterocycles. The number of aliphatic hydroxyl groups is 2. The van der Waals surface area contributed by atoms with Crippen molar-refractivity contribution in [3.05, 3.63) is 23.8 Å². The van der Waals surface area contributed by atoms with Gasteiger partial charge in [0.2, 0.25) is 0 Å². The van der Waals surface area contributed by atoms with Gasteiger partial charge in [-0.15, -0.1) is 0 Å². The summed E-state index contributed by atoms with van der Waals surface area (Å²) < 4.78 is 5.33. The van der Waals surface area contributed by atoms with Crippen molar-refractivity contribution in [2.24, 2.45) is 11.3 Å². The number of esters is 1. The molecule has 4 nitrogen and oxygen atoms in total. The molecule has 0 spiro atoms. The first-order valence-corrected chi connectivity index (χ1v) is 6.87. The summed E-state index contributed by atoms with van der Waals surface area (Å²) in [6.07, 6.45) is 3.08. The number of fused-ring (bicyclic) bond motifs is 3. The molecule has 2 aliphatic carbocycles. The van der Waals surface area contributed by atoms with Gasteiger partial charge in [-0.1, -0.05) is 19.6 Å². The molecule has 3 rings (SSSR count). The third-order valence-electron chi connectivity index (χ3n) is 5.03. The van der Waals surface area contributed by atoms with Crippen LogP contribution in [0, 0.1) is 11.3 Å². The van der Waals surface area contributed by atoms with E-state index < -0.39 is 24.3 Å². The first-order chi connectivity index (χ1) is 8.92. The second-order valence-electron chi connectivity index (χ2n) is 6.35. The fourth-order valence-corrected chi connectivity index (χ4v) is 3.65. The van der Waals surface area contributed by atoms with Gasteiger partial charge in [-0.25, -0.2) is 4.79 Å². The summed E-state index contributed by atoms with van der Waals surface area (Å²) in [5, 5.41) is 20.7. The lowest BCUT2D eigenvalue weighted by molar-refractivity contribution is -0.151. The molecule has 0 aromatic rings. The Bertz CT molecular complexity index is 467. The second-order valence-corrected chi connectivity index (χ2v) is 6.35. The monoisotopic (exact) mass is 264 g/mol. The Kier molecular flexibility index (Phi) is 2.84. The third kappa shape index (κ3) is 1.85. The molecule has 0 unspecified atom stereocenters. The van der Waals surface area contributed by atoms with E-state index >= 15 is 0 Å². The minimum atomic E-state index is -0.697. The zero-order chi connectivity index (χ0) is 13.8. The Hall–Kier alpha value is -1.13. The molecule has 0 radical (unpaired) electrons. The first kappa shape index (κ1) is 12.9. The van der Waals surface area contributed by atoms with E-state index in [-0.39, 0.29) is 11.3 Å². The minimum absolute atomic E-state index is 0.164. The number of hydrogen-bond acceptors (Lipinski definition) is 4. The van der Waals surface area contributed by atoms with Crippen molar-refractivity contribution >= 4 is 5.97 Å². The summed E-state index contributed by atoms with van der Waals surface area (Å²) in [5.41, 5.74) is 1.09. The van der Waals surface area contributed by atoms with Crippen molar-refractivity contribution in [2.75, 3.05) is 0 Å². The van der Waals surface area contributed by atoms with Gasteiger partial charge in [0.25, 0.3) is 0 Å². The number of ether oxygens (including phenoxy) is 1. The van der Waals surface area contributed by atoms with Crippen molar-refractivity contribution in [1.82, 2.24) is 0 Å². The van der Waals surface area contributed by atoms with Gasteiger partial charge in [-0.2, -0.15) is 0 Å². The van der Waals surface area contributed by atoms with Gasteiger partial charge in [-0.3, -0.25) is 0 Å². The maximum atomic E-state index is 11.7. The molecule has 1 saturated heterocycles. The van der Waals surface area contributed by atoms with E-state index in [0.717, 1.165) is 12.0 Å². The van der Waals surface area contributed by atoms with Crippen LogP contribution in [-0.2, 0) is 9.53 Å². The zero-order valence-electron chi connectivity index (χ0n) is 11.1. The highest BCUT2D eigenvalue weighted by molar-refractivity contribution is 5.91. The average Bonchev–Trinajstić information content (AvgIpc) is 2.65. The van der Waals surface area contributed by atoms with Crippen LogP contribution in [0.4, 0.5) is 0 Å². The van der Waals surface area contributed by atoms with Crippen molar-refractivity contribution in [2.45, 2.75) is 50.9 Å². The van der Waals surface area contributed by atoms with Crippen LogP contribution in [0.2, 0.25) is 0 Å². The fourth-order valence-electron chi connectivity index (χ4n) is 3.65. The van der Waals surface area contributed by atoms with E-state index in [1.165, 1.54) is 0 Å². The molecule has 0 aromatic heterocycles. The highest BCUT2D eigenvalue weighted by Gasteiger charge is 2.51. The standard InChI is InChI=1S/C15H20O4/c1-8-10-4-3-9-7-15(2,6-5-11(9)16)13(17)12(10)19-14(8)18/h3,10-13,16-17H,1,4-7H2,2H3/b9-3-/t10-,11+,12-,13+,15-/m0/s1. The van der Waals surface area contributed by atoms with Crippen LogP contribution < -0.4 is 0 Å². The third-order valence-corrected chi connectivity index (χ3v) is 5.03. The van der Waals surface area contributed by atoms with E-state index in [1.54, 1.807) is 0 Å². The molecule has 104 valence electrons. The lowest BCUT2D eigenvalue weighted by Crippen LogP contribution is -2.48. The average molecular weight is 264 g/mol. The number of carbonyl (C=O) groups is 1. The number of allylic oxidation sites excluding steroid dienone is 1. The van der Waals surface area contributed by atoms with Crippen LogP contribution in [0.3, 0.4) is 0 Å². The smallest absolute Gasteiger partial charge is 0.334 e. The van der Waals surface area contributed by atoms with Gasteiger partial charge in [0, 0.05) is 16.9 Å². The van der Waals surface area contributed by atoms with Gasteiger partial charge in [0.15, 0.2) is 0 Å². The van der Waals surface area contributed by atoms with Gasteiger partial charge < -0.3 is 14.9 Å². The van der Waals surface area contributed by atoms with Crippen molar-refractivity contribution in [1.29, 1.82) is 0 Å². The lowest BCUT2D eigenvalue weighted by atomic mass is 9.64. The van der Waals surface area contributed by atoms with Crippen molar-refractivity contribution in [3.8, 4) is 0 Å². The van der Waals surface area contributed by atoms with Gasteiger partial charge in [-0.05, 0) is 31.3 Å². The molecule has 2 N–H and O–H groups in total. The van der Waals surface area contributed by atoms with E-state index in [4.69, 9.17) is 4.74 Å². The van der Waals surface area contributed by atoms with E-state index in [2.05, 4.69) is 6.58 Å². The minimum Gasteiger partial charge on any atom is -0.456 e. The molecule has 5 atom stereocenters. The molecular weight excluding hydrogens is 244 g/mol. The first-order valence-electron chi connectivity index (χ1n) is 6.87. The number of hydrogen-bond donors (Lipinski definition) is 2. The second kappa shape index (κ2) is 4.18. The highest BCUT2D eigenvalue weighted by Crippen LogP contribution is 2.48. The summed E-state index contributed by atoms with van der Waals surface area (Å²) in [4.78, 5) is 11.7. The Labute approximate surface area is 112 Å². The number of aliphatic hydroxyl groups excluding tert-OH is 2. The molecule has 2 fully saturated rings. The van der Waals surface area contributed by atoms with Crippen LogP contribution in [-0.4, -0.2) is 34.5 Å². The quantitative estimate of drug-likeness (QED) is 0.393. The molecule has 0 aromatic carbocycles. The summed E-state index contributed by atoms with van der Waals surface area (Å²) in [5.74, 6) is -0.560. The Balaban J connectivity index is 2.01. The van der Waals surface area contributed by atoms with Crippen LogP contribution in [0.15, 0.2) is 23.8 Å². The molecule has 0 amide bonds. The van der Waals surface area contributed by atoms with Crippen molar-refractivity contribution in [3.63, 3.8) is 0 Å². The predicted molar refractivity (Wildman–Crippen MR) is 69.2 cm³/mol. The van der Waals surface area contributed by atoms with E-state index in [0.29, 0.717) is 24.8 Å². The molecule has 19 heavy (non-hydrogen) atoms. The van der Waals surface area contributed by atoms with Crippen LogP contribution in [0.1, 0.15) is 32.6 Å². The molecule has 4 heteroatoms. The predicted octanol–water partition coefficient (Wildman–Crippen LogP) is 1.33. The van der Waals surface area contributed by atoms with E-state index in [9.17, 15) is 15.0 Å². The topological polar surface area (TPSA) is 66.8 Å². The normalized spacial score (nSPS) is 48.7. The Morgan fingerprint density at radius 1 is 1.47 bits per heavy atom. The fraction of sp³-hybridized carbons (Fsp3) is 0.667. The highest BCUT2D eigenvalue weighted by atomic mass is 16.6. The molecule has 2 bridgehead atoms. The number of rotatable bonds is 0. The molecule has 3 aliphatic rings.